The van der Waals surface area contributed by atoms with Gasteiger partial charge in [0.15, 0.2) is 16.9 Å². The number of benzene rings is 7. The van der Waals surface area contributed by atoms with Crippen molar-refractivity contribution in [3.8, 4) is 84.6 Å². The third-order valence-corrected chi connectivity index (χ3v) is 14.0. The van der Waals surface area contributed by atoms with E-state index in [0.717, 1.165) is 36.4 Å². The second-order valence-electron chi connectivity index (χ2n) is 18.9. The van der Waals surface area contributed by atoms with Gasteiger partial charge in [0.25, 0.3) is 0 Å². The van der Waals surface area contributed by atoms with Crippen LogP contribution in [0.4, 0.5) is 39.5 Å². The van der Waals surface area contributed by atoms with Crippen molar-refractivity contribution in [3.05, 3.63) is 235 Å². The van der Waals surface area contributed by atoms with Crippen LogP contribution in [0.5, 0.6) is 0 Å². The van der Waals surface area contributed by atoms with E-state index in [9.17, 15) is 39.5 Å². The van der Waals surface area contributed by atoms with Gasteiger partial charge in [-0.1, -0.05) is 72.8 Å². The fourth-order valence-electron chi connectivity index (χ4n) is 10.3. The van der Waals surface area contributed by atoms with Gasteiger partial charge < -0.3 is 0 Å². The summed E-state index contributed by atoms with van der Waals surface area (Å²) in [5.41, 5.74) is 6.97. The second kappa shape index (κ2) is 19.3. The molecule has 81 heavy (non-hydrogen) atoms. The third-order valence-electron chi connectivity index (χ3n) is 14.0. The molecule has 0 spiro atoms. The van der Waals surface area contributed by atoms with Crippen LogP contribution >= 0.6 is 0 Å². The predicted octanol–water partition coefficient (Wildman–Crippen LogP) is 16.9. The molecule has 7 aromatic carbocycles. The first-order valence-corrected chi connectivity index (χ1v) is 25.0. The molecule has 396 valence electrons. The quantitative estimate of drug-likeness (QED) is 0.134. The molecule has 13 aromatic rings. The van der Waals surface area contributed by atoms with Gasteiger partial charge in [-0.15, -0.1) is 0 Å². The monoisotopic (exact) mass is 1090 g/mol. The summed E-state index contributed by atoms with van der Waals surface area (Å²) in [7, 11) is 0. The molecule has 0 fully saturated rings. The number of aromatic nitrogens is 9. The van der Waals surface area contributed by atoms with Crippen molar-refractivity contribution in [2.24, 2.45) is 0 Å². The lowest BCUT2D eigenvalue weighted by atomic mass is 9.88. The standard InChI is InChI=1S/C63H36F9N9/c64-61(65,66)40-19-25-43(26-20-40)79-55(76-52-16-7-31-73-58(52)79)49-13-4-1-10-46(49)37-34-38(47-11-2-5-14-50(47)56-77-53-17-8-32-74-59(53)80(56)44-27-21-41(22-28-44)62(67,68)69)36-39(35-37)48-12-3-6-15-51(48)57-78-54-18-9-33-75-60(54)81(57)45-29-23-42(24-30-45)63(70,71)72/h1-36H. The molecule has 0 N–H and O–H groups in total. The van der Waals surface area contributed by atoms with Gasteiger partial charge in [-0.3, -0.25) is 13.7 Å². The minimum absolute atomic E-state index is 0.377. The summed E-state index contributed by atoms with van der Waals surface area (Å²) < 4.78 is 130. The SMILES string of the molecule is FC(F)(F)c1ccc(-n2c(-c3ccccc3-c3cc(-c4ccccc4-c4nc5cccnc5n4-c4ccc(C(F)(F)F)cc4)cc(-c4ccccc4-c4nc5cccnc5n4-c4ccc(C(F)(F)F)cc4)c3)nc3cccnc32)cc1. The van der Waals surface area contributed by atoms with E-state index in [0.29, 0.717) is 118 Å². The smallest absolute Gasteiger partial charge is 0.277 e. The molecule has 0 amide bonds. The number of rotatable bonds is 9. The van der Waals surface area contributed by atoms with E-state index < -0.39 is 35.2 Å². The first kappa shape index (κ1) is 50.3. The molecule has 9 nitrogen and oxygen atoms in total. The summed E-state index contributed by atoms with van der Waals surface area (Å²) in [4.78, 5) is 29.1. The number of pyridine rings is 3. The number of fused-ring (bicyclic) bond motifs is 3. The maximum Gasteiger partial charge on any atom is 0.416 e. The van der Waals surface area contributed by atoms with Gasteiger partial charge in [0.2, 0.25) is 0 Å². The lowest BCUT2D eigenvalue weighted by Gasteiger charge is -2.18. The molecule has 6 heterocycles. The van der Waals surface area contributed by atoms with Crippen LogP contribution in [0.1, 0.15) is 16.7 Å². The summed E-state index contributed by atoms with van der Waals surface area (Å²) in [6, 6.07) is 53.1. The van der Waals surface area contributed by atoms with Gasteiger partial charge in [0, 0.05) is 52.3 Å². The van der Waals surface area contributed by atoms with Gasteiger partial charge in [-0.05, 0) is 161 Å². The second-order valence-corrected chi connectivity index (χ2v) is 18.9. The van der Waals surface area contributed by atoms with Crippen LogP contribution in [0.2, 0.25) is 0 Å². The number of halogens is 9. The van der Waals surface area contributed by atoms with E-state index in [1.165, 1.54) is 36.4 Å². The Balaban J connectivity index is 1.06. The minimum atomic E-state index is -4.58. The average Bonchev–Trinajstić information content (AvgIpc) is 4.40. The van der Waals surface area contributed by atoms with Crippen LogP contribution in [0.25, 0.3) is 118 Å². The molecule has 0 saturated heterocycles. The number of nitrogens with zero attached hydrogens (tertiary/aromatic N) is 9. The number of hydrogen-bond donors (Lipinski definition) is 0. The van der Waals surface area contributed by atoms with Crippen molar-refractivity contribution in [1.82, 2.24) is 43.6 Å². The van der Waals surface area contributed by atoms with Crippen molar-refractivity contribution in [2.75, 3.05) is 0 Å². The Morgan fingerprint density at radius 1 is 0.272 bits per heavy atom. The Hall–Kier alpha value is -10.2. The fraction of sp³-hybridized carbons (Fsp3) is 0.0476. The van der Waals surface area contributed by atoms with Gasteiger partial charge in [0.1, 0.15) is 34.0 Å². The maximum atomic E-state index is 13.9. The normalized spacial score (nSPS) is 12.3. The summed E-state index contributed by atoms with van der Waals surface area (Å²) in [5.74, 6) is 1.13. The molecule has 0 aliphatic carbocycles. The molecular formula is C63H36F9N9. The first-order chi connectivity index (χ1) is 39.1. The van der Waals surface area contributed by atoms with Gasteiger partial charge >= 0.3 is 18.5 Å². The van der Waals surface area contributed by atoms with Crippen LogP contribution in [-0.4, -0.2) is 43.6 Å². The summed E-state index contributed by atoms with van der Waals surface area (Å²) in [6.07, 6.45) is -9.01. The highest BCUT2D eigenvalue weighted by atomic mass is 19.4. The molecule has 0 saturated carbocycles. The van der Waals surface area contributed by atoms with Gasteiger partial charge in [0.05, 0.1) is 16.7 Å². The van der Waals surface area contributed by atoms with E-state index in [4.69, 9.17) is 15.0 Å². The Morgan fingerprint density at radius 2 is 0.519 bits per heavy atom. The highest BCUT2D eigenvalue weighted by Gasteiger charge is 2.33. The zero-order valence-electron chi connectivity index (χ0n) is 41.7. The van der Waals surface area contributed by atoms with Crippen LogP contribution in [-0.2, 0) is 18.5 Å². The maximum absolute atomic E-state index is 13.9. The molecule has 0 radical (unpaired) electrons. The molecular weight excluding hydrogens is 1050 g/mol. The fourth-order valence-corrected chi connectivity index (χ4v) is 10.3. The van der Waals surface area contributed by atoms with Crippen molar-refractivity contribution < 1.29 is 39.5 Å². The lowest BCUT2D eigenvalue weighted by molar-refractivity contribution is -0.138. The van der Waals surface area contributed by atoms with Crippen molar-refractivity contribution in [1.29, 1.82) is 0 Å². The third kappa shape index (κ3) is 9.09. The average molecular weight is 1090 g/mol. The number of imidazole rings is 3. The largest absolute Gasteiger partial charge is 0.416 e. The van der Waals surface area contributed by atoms with E-state index in [1.807, 2.05) is 91.0 Å². The van der Waals surface area contributed by atoms with Crippen LogP contribution < -0.4 is 0 Å². The van der Waals surface area contributed by atoms with E-state index >= 15 is 0 Å². The first-order valence-electron chi connectivity index (χ1n) is 25.0. The van der Waals surface area contributed by atoms with E-state index in [2.05, 4.69) is 15.0 Å². The van der Waals surface area contributed by atoms with Crippen molar-refractivity contribution in [3.63, 3.8) is 0 Å². The molecule has 0 unspecified atom stereocenters. The Bertz CT molecular complexity index is 4070. The van der Waals surface area contributed by atoms with E-state index in [1.54, 1.807) is 68.7 Å². The zero-order chi connectivity index (χ0) is 55.8. The van der Waals surface area contributed by atoms with Crippen LogP contribution in [0.15, 0.2) is 219 Å². The molecule has 0 atom stereocenters. The highest BCUT2D eigenvalue weighted by molar-refractivity contribution is 5.95. The highest BCUT2D eigenvalue weighted by Crippen LogP contribution is 2.45. The summed E-state index contributed by atoms with van der Waals surface area (Å²) in [5, 5.41) is 0. The molecule has 18 heteroatoms. The Morgan fingerprint density at radius 3 is 0.765 bits per heavy atom. The summed E-state index contributed by atoms with van der Waals surface area (Å²) >= 11 is 0. The van der Waals surface area contributed by atoms with Crippen LogP contribution in [0, 0.1) is 0 Å². The van der Waals surface area contributed by atoms with Gasteiger partial charge in [-0.2, -0.15) is 39.5 Å². The topological polar surface area (TPSA) is 92.1 Å². The predicted molar refractivity (Wildman–Crippen MR) is 291 cm³/mol. The van der Waals surface area contributed by atoms with Crippen molar-refractivity contribution in [2.45, 2.75) is 18.5 Å². The molecule has 0 bridgehead atoms. The van der Waals surface area contributed by atoms with Crippen LogP contribution in [0.3, 0.4) is 0 Å². The minimum Gasteiger partial charge on any atom is -0.277 e. The number of alkyl halides is 9. The van der Waals surface area contributed by atoms with Crippen molar-refractivity contribution >= 4 is 33.5 Å². The lowest BCUT2D eigenvalue weighted by Crippen LogP contribution is -2.06. The van der Waals surface area contributed by atoms with E-state index in [-0.39, 0.29) is 0 Å². The number of hydrogen-bond acceptors (Lipinski definition) is 6. The van der Waals surface area contributed by atoms with Gasteiger partial charge in [-0.25, -0.2) is 29.9 Å². The summed E-state index contributed by atoms with van der Waals surface area (Å²) in [6.45, 7) is 0. The zero-order valence-corrected chi connectivity index (χ0v) is 41.7. The Labute approximate surface area is 453 Å². The molecule has 0 aliphatic heterocycles. The molecule has 6 aromatic heterocycles. The molecule has 0 aliphatic rings. The molecule has 13 rings (SSSR count). The Kier molecular flexibility index (Phi) is 12.0.